The molecule has 2 heterocycles. The zero-order valence-corrected chi connectivity index (χ0v) is 8.24. The van der Waals surface area contributed by atoms with Crippen molar-refractivity contribution >= 4 is 5.82 Å². The number of hydrogen-bond donors (Lipinski definition) is 0. The Hall–Kier alpha value is -1.49. The second-order valence-electron chi connectivity index (χ2n) is 3.56. The van der Waals surface area contributed by atoms with Crippen molar-refractivity contribution in [2.24, 2.45) is 0 Å². The maximum atomic E-state index is 5.33. The second kappa shape index (κ2) is 4.15. The van der Waals surface area contributed by atoms with E-state index in [0.717, 1.165) is 18.9 Å². The van der Waals surface area contributed by atoms with E-state index >= 15 is 0 Å². The normalized spacial score (nSPS) is 15.5. The van der Waals surface area contributed by atoms with Crippen LogP contribution in [0.5, 0.6) is 0 Å². The van der Waals surface area contributed by atoms with Crippen molar-refractivity contribution in [1.82, 2.24) is 4.98 Å². The Kier molecular flexibility index (Phi) is 2.69. The molecule has 1 aliphatic heterocycles. The first-order chi connectivity index (χ1) is 6.92. The van der Waals surface area contributed by atoms with E-state index in [9.17, 15) is 0 Å². The third-order valence-electron chi connectivity index (χ3n) is 2.57. The highest BCUT2D eigenvalue weighted by Gasteiger charge is 2.15. The Labute approximate surface area is 85.0 Å². The van der Waals surface area contributed by atoms with Gasteiger partial charge in [-0.25, -0.2) is 4.98 Å². The van der Waals surface area contributed by atoms with Gasteiger partial charge in [0.2, 0.25) is 0 Å². The topological polar surface area (TPSA) is 16.1 Å². The van der Waals surface area contributed by atoms with Crippen molar-refractivity contribution in [2.45, 2.75) is 19.3 Å². The lowest BCUT2D eigenvalue weighted by molar-refractivity contribution is 0.923. The van der Waals surface area contributed by atoms with Crippen LogP contribution in [0, 0.1) is 12.3 Å². The van der Waals surface area contributed by atoms with E-state index in [-0.39, 0.29) is 0 Å². The first-order valence-electron chi connectivity index (χ1n) is 5.04. The molecule has 0 aliphatic carbocycles. The molecule has 1 aromatic rings. The average molecular weight is 186 g/mol. The van der Waals surface area contributed by atoms with E-state index in [4.69, 9.17) is 6.42 Å². The molecule has 2 heteroatoms. The van der Waals surface area contributed by atoms with Crippen LogP contribution in [-0.2, 0) is 6.42 Å². The first-order valence-corrected chi connectivity index (χ1v) is 5.04. The molecule has 1 saturated heterocycles. The lowest BCUT2D eigenvalue weighted by Crippen LogP contribution is -2.20. The van der Waals surface area contributed by atoms with Gasteiger partial charge in [0.05, 0.1) is 0 Å². The highest BCUT2D eigenvalue weighted by molar-refractivity contribution is 5.48. The number of aromatic nitrogens is 1. The summed E-state index contributed by atoms with van der Waals surface area (Å²) in [6.07, 6.45) is 10.4. The number of rotatable bonds is 2. The van der Waals surface area contributed by atoms with Gasteiger partial charge in [0, 0.05) is 31.3 Å². The predicted octanol–water partition coefficient (Wildman–Crippen LogP) is 1.86. The molecule has 1 aromatic heterocycles. The molecule has 1 aliphatic rings. The van der Waals surface area contributed by atoms with Crippen LogP contribution in [0.4, 0.5) is 5.82 Å². The largest absolute Gasteiger partial charge is 0.356 e. The smallest absolute Gasteiger partial charge is 0.132 e. The first kappa shape index (κ1) is 9.08. The molecule has 0 N–H and O–H groups in total. The van der Waals surface area contributed by atoms with Gasteiger partial charge in [0.15, 0.2) is 0 Å². The quantitative estimate of drug-likeness (QED) is 0.655. The summed E-state index contributed by atoms with van der Waals surface area (Å²) in [5.74, 6) is 3.77. The molecular weight excluding hydrogens is 172 g/mol. The van der Waals surface area contributed by atoms with E-state index in [0.29, 0.717) is 6.42 Å². The summed E-state index contributed by atoms with van der Waals surface area (Å²) in [6, 6.07) is 4.02. The zero-order valence-electron chi connectivity index (χ0n) is 8.24. The highest BCUT2D eigenvalue weighted by atomic mass is 15.2. The van der Waals surface area contributed by atoms with Crippen molar-refractivity contribution in [3.63, 3.8) is 0 Å². The van der Waals surface area contributed by atoms with E-state index in [1.54, 1.807) is 0 Å². The molecule has 0 radical (unpaired) electrons. The van der Waals surface area contributed by atoms with E-state index in [1.807, 2.05) is 12.3 Å². The molecule has 2 nitrogen and oxygen atoms in total. The fourth-order valence-corrected chi connectivity index (χ4v) is 1.89. The van der Waals surface area contributed by atoms with Crippen LogP contribution in [0.15, 0.2) is 18.3 Å². The fourth-order valence-electron chi connectivity index (χ4n) is 1.89. The molecular formula is C12H14N2. The maximum Gasteiger partial charge on any atom is 0.132 e. The fraction of sp³-hybridized carbons (Fsp3) is 0.417. The monoisotopic (exact) mass is 186 g/mol. The predicted molar refractivity (Wildman–Crippen MR) is 58.2 cm³/mol. The minimum atomic E-state index is 0.680. The summed E-state index contributed by atoms with van der Waals surface area (Å²) in [6.45, 7) is 2.24. The van der Waals surface area contributed by atoms with Gasteiger partial charge in [0.1, 0.15) is 5.82 Å². The molecule has 0 amide bonds. The second-order valence-corrected chi connectivity index (χ2v) is 3.56. The maximum absolute atomic E-state index is 5.33. The summed E-state index contributed by atoms with van der Waals surface area (Å²) in [7, 11) is 0. The number of terminal acetylenes is 1. The summed E-state index contributed by atoms with van der Waals surface area (Å²) < 4.78 is 0. The lowest BCUT2D eigenvalue weighted by Gasteiger charge is -2.18. The van der Waals surface area contributed by atoms with Gasteiger partial charge in [-0.2, -0.15) is 0 Å². The third-order valence-corrected chi connectivity index (χ3v) is 2.57. The molecule has 0 saturated carbocycles. The van der Waals surface area contributed by atoms with Gasteiger partial charge in [-0.3, -0.25) is 0 Å². The van der Waals surface area contributed by atoms with Crippen molar-refractivity contribution in [2.75, 3.05) is 18.0 Å². The summed E-state index contributed by atoms with van der Waals surface area (Å²) in [5, 5.41) is 0. The van der Waals surface area contributed by atoms with Crippen LogP contribution in [0.2, 0.25) is 0 Å². The molecule has 0 unspecified atom stereocenters. The van der Waals surface area contributed by atoms with Crippen molar-refractivity contribution < 1.29 is 0 Å². The summed E-state index contributed by atoms with van der Waals surface area (Å²) >= 11 is 0. The Morgan fingerprint density at radius 3 is 2.93 bits per heavy atom. The summed E-state index contributed by atoms with van der Waals surface area (Å²) in [5.41, 5.74) is 1.18. The molecule has 0 aromatic carbocycles. The number of nitrogens with zero attached hydrogens (tertiary/aromatic N) is 2. The van der Waals surface area contributed by atoms with E-state index in [2.05, 4.69) is 21.9 Å². The molecule has 0 spiro atoms. The van der Waals surface area contributed by atoms with Gasteiger partial charge in [-0.05, 0) is 18.9 Å². The van der Waals surface area contributed by atoms with Crippen molar-refractivity contribution in [1.29, 1.82) is 0 Å². The Balaban J connectivity index is 2.26. The van der Waals surface area contributed by atoms with E-state index in [1.165, 1.54) is 18.4 Å². The van der Waals surface area contributed by atoms with Crippen LogP contribution >= 0.6 is 0 Å². The summed E-state index contributed by atoms with van der Waals surface area (Å²) in [4.78, 5) is 6.74. The lowest BCUT2D eigenvalue weighted by atomic mass is 10.2. The zero-order chi connectivity index (χ0) is 9.80. The number of pyridine rings is 1. The van der Waals surface area contributed by atoms with Crippen molar-refractivity contribution in [3.8, 4) is 12.3 Å². The molecule has 1 fully saturated rings. The molecule has 14 heavy (non-hydrogen) atoms. The Morgan fingerprint density at radius 2 is 2.21 bits per heavy atom. The molecule has 0 atom stereocenters. The van der Waals surface area contributed by atoms with Crippen LogP contribution in [-0.4, -0.2) is 18.1 Å². The van der Waals surface area contributed by atoms with Crippen LogP contribution in [0.1, 0.15) is 18.4 Å². The van der Waals surface area contributed by atoms with Gasteiger partial charge in [-0.15, -0.1) is 12.3 Å². The minimum Gasteiger partial charge on any atom is -0.356 e. The van der Waals surface area contributed by atoms with Crippen LogP contribution in [0.3, 0.4) is 0 Å². The minimum absolute atomic E-state index is 0.680. The molecule has 0 bridgehead atoms. The Bertz CT molecular complexity index is 346. The van der Waals surface area contributed by atoms with Gasteiger partial charge in [0.25, 0.3) is 0 Å². The third kappa shape index (κ3) is 1.72. The standard InChI is InChI=1S/C12H14N2/c1-2-6-11-7-5-8-13-12(11)14-9-3-4-10-14/h1,5,7-8H,3-4,6,9-10H2. The number of anilines is 1. The highest BCUT2D eigenvalue weighted by Crippen LogP contribution is 2.21. The Morgan fingerprint density at radius 1 is 1.43 bits per heavy atom. The van der Waals surface area contributed by atoms with E-state index < -0.39 is 0 Å². The van der Waals surface area contributed by atoms with Gasteiger partial charge in [-0.1, -0.05) is 6.07 Å². The number of hydrogen-bond acceptors (Lipinski definition) is 2. The van der Waals surface area contributed by atoms with Crippen LogP contribution in [0.25, 0.3) is 0 Å². The molecule has 2 rings (SSSR count). The van der Waals surface area contributed by atoms with Crippen molar-refractivity contribution in [3.05, 3.63) is 23.9 Å². The van der Waals surface area contributed by atoms with Gasteiger partial charge < -0.3 is 4.90 Å². The van der Waals surface area contributed by atoms with Gasteiger partial charge >= 0.3 is 0 Å². The molecule has 72 valence electrons. The average Bonchev–Trinajstić information content (AvgIpc) is 2.72. The van der Waals surface area contributed by atoms with Crippen LogP contribution < -0.4 is 4.90 Å². The SMILES string of the molecule is C#CCc1cccnc1N1CCCC1.